The Balaban J connectivity index is 1.40. The van der Waals surface area contributed by atoms with Crippen LogP contribution in [0.3, 0.4) is 0 Å². The maximum Gasteiger partial charge on any atom is 0.273 e. The fourth-order valence-electron chi connectivity index (χ4n) is 3.96. The molecule has 5 rings (SSSR count). The Morgan fingerprint density at radius 3 is 2.76 bits per heavy atom. The third-order valence-corrected chi connectivity index (χ3v) is 6.14. The van der Waals surface area contributed by atoms with Gasteiger partial charge >= 0.3 is 0 Å². The number of aromatic amines is 1. The van der Waals surface area contributed by atoms with Crippen LogP contribution in [0.5, 0.6) is 5.75 Å². The number of nitrogens with one attached hydrogen (secondary N) is 2. The van der Waals surface area contributed by atoms with E-state index < -0.39 is 0 Å². The third-order valence-electron chi connectivity index (χ3n) is 5.65. The average Bonchev–Trinajstić information content (AvgIpc) is 3.40. The number of hydrazone groups is 1. The minimum Gasteiger partial charge on any atom is -0.497 e. The zero-order valence-electron chi connectivity index (χ0n) is 18.2. The summed E-state index contributed by atoms with van der Waals surface area (Å²) in [4.78, 5) is 15.8. The summed E-state index contributed by atoms with van der Waals surface area (Å²) in [6.07, 6.45) is 5.13. The van der Waals surface area contributed by atoms with Crippen molar-refractivity contribution in [2.24, 2.45) is 5.10 Å². The molecule has 2 aromatic heterocycles. The van der Waals surface area contributed by atoms with Gasteiger partial charge in [-0.05, 0) is 54.1 Å². The lowest BCUT2D eigenvalue weighted by molar-refractivity contribution is 0.0957. The van der Waals surface area contributed by atoms with Gasteiger partial charge in [0.15, 0.2) is 0 Å². The number of rotatable bonds is 6. The van der Waals surface area contributed by atoms with Crippen molar-refractivity contribution in [1.29, 1.82) is 0 Å². The molecule has 0 radical (unpaired) electrons. The number of fused-ring (bicyclic) bond motifs is 2. The zero-order chi connectivity index (χ0) is 23.7. The van der Waals surface area contributed by atoms with Gasteiger partial charge in [0.05, 0.1) is 24.4 Å². The summed E-state index contributed by atoms with van der Waals surface area (Å²) in [6, 6.07) is 18.0. The number of H-pyrrole nitrogens is 1. The van der Waals surface area contributed by atoms with Crippen LogP contribution in [-0.4, -0.2) is 28.8 Å². The van der Waals surface area contributed by atoms with Crippen LogP contribution in [0.4, 0.5) is 4.39 Å². The summed E-state index contributed by atoms with van der Waals surface area (Å²) in [5.41, 5.74) is 6.51. The molecule has 0 aliphatic rings. The number of nitrogens with zero attached hydrogens (tertiary/aromatic N) is 2. The van der Waals surface area contributed by atoms with Crippen LogP contribution >= 0.6 is 15.9 Å². The Kier molecular flexibility index (Phi) is 5.90. The van der Waals surface area contributed by atoms with Crippen LogP contribution in [0.15, 0.2) is 82.6 Å². The number of halogens is 2. The Morgan fingerprint density at radius 2 is 1.97 bits per heavy atom. The predicted octanol–water partition coefficient (Wildman–Crippen LogP) is 5.85. The molecule has 34 heavy (non-hydrogen) atoms. The highest BCUT2D eigenvalue weighted by Gasteiger charge is 2.13. The maximum atomic E-state index is 14.0. The topological polar surface area (TPSA) is 71.4 Å². The van der Waals surface area contributed by atoms with Gasteiger partial charge in [-0.25, -0.2) is 9.82 Å². The first kappa shape index (κ1) is 21.9. The third kappa shape index (κ3) is 4.32. The van der Waals surface area contributed by atoms with Crippen LogP contribution in [0.1, 0.15) is 21.5 Å². The lowest BCUT2D eigenvalue weighted by atomic mass is 10.2. The largest absolute Gasteiger partial charge is 0.497 e. The number of ether oxygens (including phenoxy) is 1. The fraction of sp³-hybridized carbons (Fsp3) is 0.0769. The summed E-state index contributed by atoms with van der Waals surface area (Å²) >= 11 is 3.43. The van der Waals surface area contributed by atoms with E-state index in [2.05, 4.69) is 31.4 Å². The molecule has 5 aromatic rings. The molecule has 0 aliphatic heterocycles. The Hall–Kier alpha value is -3.91. The van der Waals surface area contributed by atoms with E-state index in [0.29, 0.717) is 12.1 Å². The summed E-state index contributed by atoms with van der Waals surface area (Å²) < 4.78 is 22.1. The maximum absolute atomic E-state index is 14.0. The molecule has 0 saturated heterocycles. The van der Waals surface area contributed by atoms with Crippen LogP contribution < -0.4 is 10.2 Å². The van der Waals surface area contributed by atoms with Crippen molar-refractivity contribution in [2.75, 3.05) is 7.11 Å². The minimum absolute atomic E-state index is 0.316. The first-order valence-corrected chi connectivity index (χ1v) is 11.3. The second-order valence-electron chi connectivity index (χ2n) is 7.81. The van der Waals surface area contributed by atoms with Crippen molar-refractivity contribution in [2.45, 2.75) is 6.54 Å². The zero-order valence-corrected chi connectivity index (χ0v) is 19.8. The molecular weight excluding hydrogens is 499 g/mol. The van der Waals surface area contributed by atoms with Crippen molar-refractivity contribution in [1.82, 2.24) is 15.0 Å². The van der Waals surface area contributed by atoms with E-state index in [1.807, 2.05) is 53.2 Å². The smallest absolute Gasteiger partial charge is 0.273 e. The highest BCUT2D eigenvalue weighted by Crippen LogP contribution is 2.24. The number of benzene rings is 3. The quantitative estimate of drug-likeness (QED) is 0.219. The number of methoxy groups -OCH3 is 1. The van der Waals surface area contributed by atoms with Crippen molar-refractivity contribution < 1.29 is 13.9 Å². The van der Waals surface area contributed by atoms with Gasteiger partial charge in [-0.2, -0.15) is 5.10 Å². The van der Waals surface area contributed by atoms with Gasteiger partial charge in [0.2, 0.25) is 0 Å². The molecule has 0 spiro atoms. The van der Waals surface area contributed by atoms with Gasteiger partial charge in [-0.1, -0.05) is 28.1 Å². The predicted molar refractivity (Wildman–Crippen MR) is 135 cm³/mol. The number of aromatic nitrogens is 2. The number of hydrogen-bond acceptors (Lipinski definition) is 3. The van der Waals surface area contributed by atoms with Crippen molar-refractivity contribution >= 4 is 49.9 Å². The molecule has 0 saturated carbocycles. The SMILES string of the molecule is COc1ccc(Cn2cc(/C=N\NC(=O)c3c[nH]c4ccc(Br)cc34)c3ccc(F)cc32)cc1. The molecule has 0 bridgehead atoms. The number of carbonyl (C=O) groups excluding carboxylic acids is 1. The molecule has 2 N–H and O–H groups in total. The van der Waals surface area contributed by atoms with E-state index in [4.69, 9.17) is 4.74 Å². The van der Waals surface area contributed by atoms with E-state index in [-0.39, 0.29) is 11.7 Å². The van der Waals surface area contributed by atoms with E-state index >= 15 is 0 Å². The van der Waals surface area contributed by atoms with E-state index in [1.54, 1.807) is 25.6 Å². The highest BCUT2D eigenvalue weighted by atomic mass is 79.9. The molecule has 0 unspecified atom stereocenters. The van der Waals surface area contributed by atoms with Gasteiger partial charge in [0.1, 0.15) is 11.6 Å². The first-order chi connectivity index (χ1) is 16.5. The summed E-state index contributed by atoms with van der Waals surface area (Å²) in [5, 5.41) is 5.81. The second kappa shape index (κ2) is 9.15. The van der Waals surface area contributed by atoms with Gasteiger partial charge in [-0.3, -0.25) is 4.79 Å². The highest BCUT2D eigenvalue weighted by molar-refractivity contribution is 9.10. The molecule has 0 fully saturated rings. The van der Waals surface area contributed by atoms with Crippen LogP contribution in [0, 0.1) is 5.82 Å². The Labute approximate surface area is 203 Å². The molecule has 8 heteroatoms. The van der Waals surface area contributed by atoms with E-state index in [1.165, 1.54) is 12.1 Å². The molecule has 0 aliphatic carbocycles. The van der Waals surface area contributed by atoms with Crippen LogP contribution in [0.25, 0.3) is 21.8 Å². The van der Waals surface area contributed by atoms with Crippen LogP contribution in [0.2, 0.25) is 0 Å². The number of amides is 1. The minimum atomic E-state index is -0.325. The summed E-state index contributed by atoms with van der Waals surface area (Å²) in [5.74, 6) is 0.135. The molecule has 2 heterocycles. The Bertz CT molecular complexity index is 1540. The average molecular weight is 519 g/mol. The molecular formula is C26H20BrFN4O2. The van der Waals surface area contributed by atoms with Gasteiger partial charge in [0.25, 0.3) is 5.91 Å². The summed E-state index contributed by atoms with van der Waals surface area (Å²) in [7, 11) is 1.62. The van der Waals surface area contributed by atoms with Crippen LogP contribution in [-0.2, 0) is 6.54 Å². The molecule has 170 valence electrons. The molecule has 0 atom stereocenters. The lowest BCUT2D eigenvalue weighted by Crippen LogP contribution is -2.17. The fourth-order valence-corrected chi connectivity index (χ4v) is 4.32. The van der Waals surface area contributed by atoms with Gasteiger partial charge in [-0.15, -0.1) is 0 Å². The van der Waals surface area contributed by atoms with E-state index in [9.17, 15) is 9.18 Å². The normalized spacial score (nSPS) is 11.5. The monoisotopic (exact) mass is 518 g/mol. The number of hydrogen-bond donors (Lipinski definition) is 2. The summed E-state index contributed by atoms with van der Waals surface area (Å²) in [6.45, 7) is 0.550. The second-order valence-corrected chi connectivity index (χ2v) is 8.73. The van der Waals surface area contributed by atoms with Crippen molar-refractivity contribution in [3.05, 3.63) is 100 Å². The van der Waals surface area contributed by atoms with Gasteiger partial charge in [0, 0.05) is 45.3 Å². The van der Waals surface area contributed by atoms with Gasteiger partial charge < -0.3 is 14.3 Å². The molecule has 3 aromatic carbocycles. The Morgan fingerprint density at radius 1 is 1.15 bits per heavy atom. The lowest BCUT2D eigenvalue weighted by Gasteiger charge is -2.07. The standard InChI is InChI=1S/C26H20BrFN4O2/c1-34-20-6-2-16(3-7-20)14-32-15-17(21-8-5-19(28)11-25(21)32)12-30-31-26(33)23-13-29-24-9-4-18(27)10-22(23)24/h2-13,15,29H,14H2,1H3,(H,31,33)/b30-12-. The van der Waals surface area contributed by atoms with E-state index in [0.717, 1.165) is 43.2 Å². The van der Waals surface area contributed by atoms with Crippen molar-refractivity contribution in [3.8, 4) is 5.75 Å². The van der Waals surface area contributed by atoms with Crippen molar-refractivity contribution in [3.63, 3.8) is 0 Å². The molecule has 1 amide bonds. The first-order valence-electron chi connectivity index (χ1n) is 10.5. The number of carbonyl (C=O) groups is 1. The molecule has 6 nitrogen and oxygen atoms in total.